The van der Waals surface area contributed by atoms with Gasteiger partial charge in [-0.1, -0.05) is 18.3 Å². The van der Waals surface area contributed by atoms with Crippen LogP contribution in [-0.4, -0.2) is 23.6 Å². The molecule has 0 aliphatic carbocycles. The highest BCUT2D eigenvalue weighted by molar-refractivity contribution is 9.10. The van der Waals surface area contributed by atoms with Crippen LogP contribution in [0.4, 0.5) is 5.13 Å². The number of benzene rings is 1. The van der Waals surface area contributed by atoms with E-state index in [1.54, 1.807) is 6.21 Å². The lowest BCUT2D eigenvalue weighted by atomic mass is 10.2. The molecule has 0 bridgehead atoms. The molecule has 2 aromatic rings. The maximum atomic E-state index is 11.4. The fourth-order valence-electron chi connectivity index (χ4n) is 1.86. The molecule has 5 nitrogen and oxygen atoms in total. The standard InChI is InChI=1S/C16H18BrN3O2S/c1-4-7-22-14-6-5-12(8-13(14)17)9-18-20-16-19-10(2)15(23-16)11(3)21/h5-6,8-9H,4,7H2,1-3H3,(H,19,20)/b18-9-. The molecule has 0 atom stereocenters. The number of ketones is 1. The Morgan fingerprint density at radius 1 is 1.52 bits per heavy atom. The summed E-state index contributed by atoms with van der Waals surface area (Å²) in [6, 6.07) is 5.77. The third kappa shape index (κ3) is 4.87. The van der Waals surface area contributed by atoms with Crippen molar-refractivity contribution in [1.29, 1.82) is 0 Å². The number of anilines is 1. The second-order valence-electron chi connectivity index (χ2n) is 4.90. The summed E-state index contributed by atoms with van der Waals surface area (Å²) >= 11 is 4.79. The number of rotatable bonds is 7. The molecule has 23 heavy (non-hydrogen) atoms. The van der Waals surface area contributed by atoms with Gasteiger partial charge in [0.15, 0.2) is 5.78 Å². The van der Waals surface area contributed by atoms with Crippen molar-refractivity contribution in [3.8, 4) is 5.75 Å². The maximum Gasteiger partial charge on any atom is 0.204 e. The topological polar surface area (TPSA) is 63.6 Å². The maximum absolute atomic E-state index is 11.4. The largest absolute Gasteiger partial charge is 0.492 e. The molecule has 0 unspecified atom stereocenters. The van der Waals surface area contributed by atoms with Crippen LogP contribution in [0.3, 0.4) is 0 Å². The van der Waals surface area contributed by atoms with Gasteiger partial charge in [-0.3, -0.25) is 10.2 Å². The number of aryl methyl sites for hydroxylation is 1. The number of Topliss-reactive ketones (excluding diaryl/α,β-unsaturated/α-hetero) is 1. The van der Waals surface area contributed by atoms with Gasteiger partial charge in [-0.15, -0.1) is 0 Å². The lowest BCUT2D eigenvalue weighted by molar-refractivity contribution is 0.102. The second kappa shape index (κ2) is 8.21. The van der Waals surface area contributed by atoms with Crippen molar-refractivity contribution in [1.82, 2.24) is 4.98 Å². The molecule has 2 rings (SSSR count). The molecule has 0 saturated carbocycles. The number of carbonyl (C=O) groups is 1. The van der Waals surface area contributed by atoms with Crippen molar-refractivity contribution in [3.05, 3.63) is 38.8 Å². The zero-order valence-corrected chi connectivity index (χ0v) is 15.6. The van der Waals surface area contributed by atoms with Crippen LogP contribution in [0.15, 0.2) is 27.8 Å². The van der Waals surface area contributed by atoms with E-state index in [0.717, 1.165) is 27.9 Å². The molecule has 1 aromatic carbocycles. The van der Waals surface area contributed by atoms with E-state index in [9.17, 15) is 4.79 Å². The molecule has 1 aromatic heterocycles. The van der Waals surface area contributed by atoms with Crippen LogP contribution in [-0.2, 0) is 0 Å². The lowest BCUT2D eigenvalue weighted by Gasteiger charge is -2.07. The highest BCUT2D eigenvalue weighted by Gasteiger charge is 2.10. The van der Waals surface area contributed by atoms with Gasteiger partial charge < -0.3 is 4.74 Å². The van der Waals surface area contributed by atoms with Gasteiger partial charge in [-0.25, -0.2) is 4.98 Å². The molecule has 0 aliphatic rings. The summed E-state index contributed by atoms with van der Waals surface area (Å²) in [7, 11) is 0. The van der Waals surface area contributed by atoms with Crippen LogP contribution in [0.5, 0.6) is 5.75 Å². The summed E-state index contributed by atoms with van der Waals surface area (Å²) in [6.07, 6.45) is 2.66. The molecule has 1 heterocycles. The number of halogens is 1. The summed E-state index contributed by atoms with van der Waals surface area (Å²) in [4.78, 5) is 16.3. The van der Waals surface area contributed by atoms with E-state index in [-0.39, 0.29) is 5.78 Å². The van der Waals surface area contributed by atoms with Gasteiger partial charge in [0.2, 0.25) is 5.13 Å². The van der Waals surface area contributed by atoms with Crippen LogP contribution in [0.2, 0.25) is 0 Å². The van der Waals surface area contributed by atoms with Gasteiger partial charge in [0.25, 0.3) is 0 Å². The molecule has 1 N–H and O–H groups in total. The molecule has 0 radical (unpaired) electrons. The van der Waals surface area contributed by atoms with Gasteiger partial charge in [-0.2, -0.15) is 5.10 Å². The van der Waals surface area contributed by atoms with Crippen LogP contribution in [0.1, 0.15) is 41.2 Å². The number of nitrogens with one attached hydrogen (secondary N) is 1. The molecule has 0 fully saturated rings. The number of aromatic nitrogens is 1. The molecule has 0 amide bonds. The monoisotopic (exact) mass is 395 g/mol. The minimum atomic E-state index is 0.0172. The van der Waals surface area contributed by atoms with E-state index in [4.69, 9.17) is 4.74 Å². The second-order valence-corrected chi connectivity index (χ2v) is 6.75. The number of hydrazone groups is 1. The first kappa shape index (κ1) is 17.6. The highest BCUT2D eigenvalue weighted by atomic mass is 79.9. The van der Waals surface area contributed by atoms with E-state index < -0.39 is 0 Å². The van der Waals surface area contributed by atoms with Crippen molar-refractivity contribution in [2.75, 3.05) is 12.0 Å². The fourth-order valence-corrected chi connectivity index (χ4v) is 3.18. The van der Waals surface area contributed by atoms with Gasteiger partial charge >= 0.3 is 0 Å². The molecular formula is C16H18BrN3O2S. The Balaban J connectivity index is 2.01. The van der Waals surface area contributed by atoms with Crippen molar-refractivity contribution in [3.63, 3.8) is 0 Å². The first-order valence-electron chi connectivity index (χ1n) is 7.21. The van der Waals surface area contributed by atoms with Crippen LogP contribution in [0, 0.1) is 6.92 Å². The van der Waals surface area contributed by atoms with Gasteiger partial charge in [0.1, 0.15) is 5.75 Å². The molecule has 7 heteroatoms. The van der Waals surface area contributed by atoms with Gasteiger partial charge in [0.05, 0.1) is 27.9 Å². The van der Waals surface area contributed by atoms with E-state index >= 15 is 0 Å². The normalized spacial score (nSPS) is 11.0. The SMILES string of the molecule is CCCOc1ccc(/C=N\Nc2nc(C)c(C(C)=O)s2)cc1Br. The first-order chi connectivity index (χ1) is 11.0. The Hall–Kier alpha value is -1.73. The van der Waals surface area contributed by atoms with E-state index in [1.165, 1.54) is 18.3 Å². The van der Waals surface area contributed by atoms with Crippen molar-refractivity contribution in [2.45, 2.75) is 27.2 Å². The van der Waals surface area contributed by atoms with Crippen LogP contribution < -0.4 is 10.2 Å². The highest BCUT2D eigenvalue weighted by Crippen LogP contribution is 2.26. The molecule has 0 saturated heterocycles. The van der Waals surface area contributed by atoms with Gasteiger partial charge in [0, 0.05) is 6.92 Å². The summed E-state index contributed by atoms with van der Waals surface area (Å²) in [5.74, 6) is 0.835. The van der Waals surface area contributed by atoms with Crippen LogP contribution in [0.25, 0.3) is 0 Å². The molecule has 122 valence electrons. The lowest BCUT2D eigenvalue weighted by Crippen LogP contribution is -1.96. The van der Waals surface area contributed by atoms with E-state index in [1.807, 2.05) is 25.1 Å². The van der Waals surface area contributed by atoms with E-state index in [2.05, 4.69) is 38.4 Å². The molecule has 0 aliphatic heterocycles. The number of thiazole rings is 1. The number of nitrogens with zero attached hydrogens (tertiary/aromatic N) is 2. The average Bonchev–Trinajstić information content (AvgIpc) is 2.87. The smallest absolute Gasteiger partial charge is 0.204 e. The number of carbonyl (C=O) groups excluding carboxylic acids is 1. The summed E-state index contributed by atoms with van der Waals surface area (Å²) in [5, 5.41) is 4.76. The third-order valence-electron chi connectivity index (χ3n) is 2.91. The number of ether oxygens (including phenoxy) is 1. The van der Waals surface area contributed by atoms with Crippen LogP contribution >= 0.6 is 27.3 Å². The summed E-state index contributed by atoms with van der Waals surface area (Å²) < 4.78 is 6.49. The predicted octanol–water partition coefficient (Wildman–Crippen LogP) is 4.65. The fraction of sp³-hybridized carbons (Fsp3) is 0.312. The summed E-state index contributed by atoms with van der Waals surface area (Å²) in [5.41, 5.74) is 4.50. The molecule has 0 spiro atoms. The first-order valence-corrected chi connectivity index (χ1v) is 8.82. The molecular weight excluding hydrogens is 378 g/mol. The number of hydrogen-bond acceptors (Lipinski definition) is 6. The Morgan fingerprint density at radius 2 is 2.30 bits per heavy atom. The Kier molecular flexibility index (Phi) is 6.29. The van der Waals surface area contributed by atoms with Crippen molar-refractivity contribution >= 4 is 44.4 Å². The van der Waals surface area contributed by atoms with Crippen molar-refractivity contribution in [2.24, 2.45) is 5.10 Å². The quantitative estimate of drug-likeness (QED) is 0.420. The van der Waals surface area contributed by atoms with E-state index in [0.29, 0.717) is 16.6 Å². The Morgan fingerprint density at radius 3 is 2.91 bits per heavy atom. The zero-order chi connectivity index (χ0) is 16.8. The Labute approximate surface area is 147 Å². The summed E-state index contributed by atoms with van der Waals surface area (Å²) in [6.45, 7) is 6.11. The minimum absolute atomic E-state index is 0.0172. The predicted molar refractivity (Wildman–Crippen MR) is 98.0 cm³/mol. The minimum Gasteiger partial charge on any atom is -0.492 e. The average molecular weight is 396 g/mol. The third-order valence-corrected chi connectivity index (χ3v) is 4.69. The zero-order valence-electron chi connectivity index (χ0n) is 13.2. The number of hydrogen-bond donors (Lipinski definition) is 1. The Bertz CT molecular complexity index is 728. The van der Waals surface area contributed by atoms with Gasteiger partial charge in [-0.05, 0) is 53.0 Å². The van der Waals surface area contributed by atoms with Crippen molar-refractivity contribution < 1.29 is 9.53 Å².